The van der Waals surface area contributed by atoms with Gasteiger partial charge in [0.25, 0.3) is 11.8 Å². The molecule has 0 radical (unpaired) electrons. The van der Waals surface area contributed by atoms with Crippen LogP contribution in [0.2, 0.25) is 5.02 Å². The molecule has 0 saturated heterocycles. The van der Waals surface area contributed by atoms with Gasteiger partial charge in [-0.1, -0.05) is 23.7 Å². The highest BCUT2D eigenvalue weighted by molar-refractivity contribution is 6.31. The van der Waals surface area contributed by atoms with Crippen LogP contribution in [-0.2, 0) is 19.5 Å². The van der Waals surface area contributed by atoms with E-state index in [1.807, 2.05) is 0 Å². The quantitative estimate of drug-likeness (QED) is 0.617. The fraction of sp³-hybridized carbons (Fsp3) is 0.261. The molecule has 2 aromatic carbocycles. The van der Waals surface area contributed by atoms with E-state index in [1.165, 1.54) is 11.0 Å². The molecule has 6 nitrogen and oxygen atoms in total. The van der Waals surface area contributed by atoms with E-state index in [4.69, 9.17) is 11.6 Å². The number of benzene rings is 2. The third-order valence-electron chi connectivity index (χ3n) is 5.42. The SMILES string of the molecule is CN(C(=O)c1cccc(Cl)c1)c1nc2n(c1C(=O)NCc1ccc(F)cc1F)CCCC2. The first kappa shape index (κ1) is 22.0. The van der Waals surface area contributed by atoms with Gasteiger partial charge in [0.2, 0.25) is 0 Å². The van der Waals surface area contributed by atoms with Crippen LogP contribution in [0.1, 0.15) is 45.1 Å². The molecule has 1 aliphatic heterocycles. The van der Waals surface area contributed by atoms with Gasteiger partial charge in [0, 0.05) is 48.8 Å². The summed E-state index contributed by atoms with van der Waals surface area (Å²) in [4.78, 5) is 32.1. The molecule has 2 heterocycles. The van der Waals surface area contributed by atoms with E-state index in [0.717, 1.165) is 30.8 Å². The maximum Gasteiger partial charge on any atom is 0.272 e. The van der Waals surface area contributed by atoms with Crippen LogP contribution < -0.4 is 10.2 Å². The van der Waals surface area contributed by atoms with E-state index in [0.29, 0.717) is 23.6 Å². The van der Waals surface area contributed by atoms with Crippen LogP contribution in [0, 0.1) is 11.6 Å². The van der Waals surface area contributed by atoms with Gasteiger partial charge in [-0.05, 0) is 37.1 Å². The van der Waals surface area contributed by atoms with Crippen molar-refractivity contribution in [2.45, 2.75) is 32.4 Å². The zero-order valence-corrected chi connectivity index (χ0v) is 18.1. The second-order valence-electron chi connectivity index (χ2n) is 7.60. The summed E-state index contributed by atoms with van der Waals surface area (Å²) < 4.78 is 28.9. The second-order valence-corrected chi connectivity index (χ2v) is 8.04. The zero-order valence-electron chi connectivity index (χ0n) is 17.4. The highest BCUT2D eigenvalue weighted by Gasteiger charge is 2.29. The van der Waals surface area contributed by atoms with Crippen molar-refractivity contribution < 1.29 is 18.4 Å². The van der Waals surface area contributed by atoms with E-state index in [1.54, 1.807) is 35.9 Å². The molecule has 1 N–H and O–H groups in total. The minimum atomic E-state index is -0.742. The molecule has 4 rings (SSSR count). The number of rotatable bonds is 5. The summed E-state index contributed by atoms with van der Waals surface area (Å²) in [6.45, 7) is 0.464. The highest BCUT2D eigenvalue weighted by Crippen LogP contribution is 2.27. The molecule has 0 unspecified atom stereocenters. The van der Waals surface area contributed by atoms with Gasteiger partial charge in [-0.3, -0.25) is 14.5 Å². The summed E-state index contributed by atoms with van der Waals surface area (Å²) in [6.07, 6.45) is 2.50. The molecule has 1 aromatic heterocycles. The molecule has 0 saturated carbocycles. The van der Waals surface area contributed by atoms with Crippen LogP contribution in [0.15, 0.2) is 42.5 Å². The van der Waals surface area contributed by atoms with Crippen molar-refractivity contribution in [3.8, 4) is 0 Å². The van der Waals surface area contributed by atoms with Crippen molar-refractivity contribution in [3.05, 3.63) is 81.8 Å². The first-order valence-electron chi connectivity index (χ1n) is 10.2. The average molecular weight is 459 g/mol. The van der Waals surface area contributed by atoms with Crippen molar-refractivity contribution in [1.29, 1.82) is 0 Å². The lowest BCUT2D eigenvalue weighted by atomic mass is 10.1. The number of carbonyl (C=O) groups excluding carboxylic acids is 2. The van der Waals surface area contributed by atoms with Gasteiger partial charge >= 0.3 is 0 Å². The van der Waals surface area contributed by atoms with Crippen LogP contribution in [0.4, 0.5) is 14.6 Å². The Labute approximate surface area is 188 Å². The fourth-order valence-corrected chi connectivity index (χ4v) is 3.95. The molecular weight excluding hydrogens is 438 g/mol. The first-order valence-corrected chi connectivity index (χ1v) is 10.6. The van der Waals surface area contributed by atoms with Crippen molar-refractivity contribution in [1.82, 2.24) is 14.9 Å². The Bertz CT molecular complexity index is 1190. The molecule has 9 heteroatoms. The Morgan fingerprint density at radius 3 is 2.75 bits per heavy atom. The molecule has 2 amide bonds. The molecule has 0 fully saturated rings. The van der Waals surface area contributed by atoms with Gasteiger partial charge in [0.1, 0.15) is 17.5 Å². The molecule has 0 bridgehead atoms. The van der Waals surface area contributed by atoms with E-state index < -0.39 is 17.5 Å². The summed E-state index contributed by atoms with van der Waals surface area (Å²) in [5, 5.41) is 3.10. The van der Waals surface area contributed by atoms with Gasteiger partial charge in [0.05, 0.1) is 0 Å². The minimum Gasteiger partial charge on any atom is -0.346 e. The molecular formula is C23H21ClF2N4O2. The topological polar surface area (TPSA) is 67.2 Å². The number of anilines is 1. The minimum absolute atomic E-state index is 0.128. The Morgan fingerprint density at radius 1 is 1.19 bits per heavy atom. The number of aromatic nitrogens is 2. The largest absolute Gasteiger partial charge is 0.346 e. The lowest BCUT2D eigenvalue weighted by Gasteiger charge is -2.19. The monoisotopic (exact) mass is 458 g/mol. The fourth-order valence-electron chi connectivity index (χ4n) is 3.76. The predicted molar refractivity (Wildman–Crippen MR) is 117 cm³/mol. The number of halogens is 3. The third kappa shape index (κ3) is 4.36. The number of amides is 2. The zero-order chi connectivity index (χ0) is 22.8. The summed E-state index contributed by atoms with van der Waals surface area (Å²) in [5.41, 5.74) is 0.758. The molecule has 0 atom stereocenters. The van der Waals surface area contributed by atoms with E-state index in [2.05, 4.69) is 10.3 Å². The Morgan fingerprint density at radius 2 is 2.00 bits per heavy atom. The maximum absolute atomic E-state index is 14.0. The van der Waals surface area contributed by atoms with Gasteiger partial charge in [-0.2, -0.15) is 0 Å². The van der Waals surface area contributed by atoms with E-state index in [9.17, 15) is 18.4 Å². The van der Waals surface area contributed by atoms with Gasteiger partial charge in [0.15, 0.2) is 11.5 Å². The molecule has 166 valence electrons. The first-order chi connectivity index (χ1) is 15.3. The normalized spacial score (nSPS) is 12.9. The number of nitrogens with zero attached hydrogens (tertiary/aromatic N) is 3. The van der Waals surface area contributed by atoms with Crippen LogP contribution >= 0.6 is 11.6 Å². The van der Waals surface area contributed by atoms with Crippen molar-refractivity contribution in [3.63, 3.8) is 0 Å². The van der Waals surface area contributed by atoms with Crippen molar-refractivity contribution in [2.75, 3.05) is 11.9 Å². The number of carbonyl (C=O) groups is 2. The van der Waals surface area contributed by atoms with Crippen LogP contribution in [-0.4, -0.2) is 28.4 Å². The average Bonchev–Trinajstić information content (AvgIpc) is 3.17. The number of aryl methyl sites for hydroxylation is 1. The highest BCUT2D eigenvalue weighted by atomic mass is 35.5. The smallest absolute Gasteiger partial charge is 0.272 e. The predicted octanol–water partition coefficient (Wildman–Crippen LogP) is 4.36. The summed E-state index contributed by atoms with van der Waals surface area (Å²) in [6, 6.07) is 9.71. The third-order valence-corrected chi connectivity index (χ3v) is 5.66. The molecule has 0 spiro atoms. The molecule has 1 aliphatic rings. The summed E-state index contributed by atoms with van der Waals surface area (Å²) >= 11 is 6.02. The number of hydrogen-bond acceptors (Lipinski definition) is 3. The van der Waals surface area contributed by atoms with Gasteiger partial charge in [-0.15, -0.1) is 0 Å². The van der Waals surface area contributed by atoms with E-state index >= 15 is 0 Å². The summed E-state index contributed by atoms with van der Waals surface area (Å²) in [5.74, 6) is -1.34. The Kier molecular flexibility index (Phi) is 6.23. The number of fused-ring (bicyclic) bond motifs is 1. The van der Waals surface area contributed by atoms with Crippen molar-refractivity contribution in [2.24, 2.45) is 0 Å². The van der Waals surface area contributed by atoms with Crippen LogP contribution in [0.5, 0.6) is 0 Å². The lowest BCUT2D eigenvalue weighted by molar-refractivity contribution is 0.0940. The Hall–Kier alpha value is -3.26. The lowest BCUT2D eigenvalue weighted by Crippen LogP contribution is -2.32. The van der Waals surface area contributed by atoms with Crippen LogP contribution in [0.3, 0.4) is 0 Å². The van der Waals surface area contributed by atoms with Crippen LogP contribution in [0.25, 0.3) is 0 Å². The standard InChI is InChI=1S/C23H21ClF2N4O2/c1-29(23(32)14-5-4-6-16(24)11-14)21-20(30-10-3-2-7-19(30)28-21)22(31)27-13-15-8-9-17(25)12-18(15)26/h4-6,8-9,11-12H,2-3,7,10,13H2,1H3,(H,27,31). The number of hydrogen-bond donors (Lipinski definition) is 1. The number of imidazole rings is 1. The van der Waals surface area contributed by atoms with Crippen molar-refractivity contribution >= 4 is 29.2 Å². The molecule has 32 heavy (non-hydrogen) atoms. The van der Waals surface area contributed by atoms with Gasteiger partial charge < -0.3 is 9.88 Å². The molecule has 0 aliphatic carbocycles. The Balaban J connectivity index is 1.64. The van der Waals surface area contributed by atoms with E-state index in [-0.39, 0.29) is 29.5 Å². The molecule has 3 aromatic rings. The maximum atomic E-state index is 14.0. The summed E-state index contributed by atoms with van der Waals surface area (Å²) in [7, 11) is 1.55. The van der Waals surface area contributed by atoms with Gasteiger partial charge in [-0.25, -0.2) is 13.8 Å². The number of nitrogens with one attached hydrogen (secondary N) is 1. The second kappa shape index (κ2) is 9.08.